The van der Waals surface area contributed by atoms with Gasteiger partial charge in [-0.3, -0.25) is 4.99 Å². The fraction of sp³-hybridized carbons (Fsp3) is 0.133. The van der Waals surface area contributed by atoms with Gasteiger partial charge >= 0.3 is 5.97 Å². The van der Waals surface area contributed by atoms with Crippen LogP contribution >= 0.6 is 22.9 Å². The van der Waals surface area contributed by atoms with Gasteiger partial charge in [-0.05, 0) is 25.1 Å². The van der Waals surface area contributed by atoms with Crippen LogP contribution in [-0.4, -0.2) is 23.3 Å². The molecule has 0 saturated carbocycles. The summed E-state index contributed by atoms with van der Waals surface area (Å²) < 4.78 is 18.2. The molecule has 0 spiro atoms. The van der Waals surface area contributed by atoms with Gasteiger partial charge < -0.3 is 10.1 Å². The van der Waals surface area contributed by atoms with Crippen molar-refractivity contribution in [2.75, 3.05) is 6.54 Å². The zero-order valence-corrected chi connectivity index (χ0v) is 13.5. The summed E-state index contributed by atoms with van der Waals surface area (Å²) in [5.41, 5.74) is 1.01. The third kappa shape index (κ3) is 3.40. The number of nitrogens with one attached hydrogen (secondary N) is 1. The molecule has 1 aliphatic heterocycles. The fourth-order valence-electron chi connectivity index (χ4n) is 1.97. The van der Waals surface area contributed by atoms with Crippen molar-refractivity contribution in [3.63, 3.8) is 0 Å². The number of carbonyl (C=O) groups is 1. The number of hydrogen-bond acceptors (Lipinski definition) is 6. The second-order valence-electron chi connectivity index (χ2n) is 4.69. The quantitative estimate of drug-likeness (QED) is 0.681. The minimum atomic E-state index is -0.578. The Balaban J connectivity index is 1.74. The van der Waals surface area contributed by atoms with Crippen LogP contribution in [0.4, 0.5) is 4.39 Å². The molecule has 0 atom stereocenters. The summed E-state index contributed by atoms with van der Waals surface area (Å²) in [6.07, 6.45) is 1.68. The summed E-state index contributed by atoms with van der Waals surface area (Å²) >= 11 is 7.31. The molecule has 0 radical (unpaired) electrons. The number of esters is 1. The number of amidine groups is 1. The summed E-state index contributed by atoms with van der Waals surface area (Å²) in [6.45, 7) is 1.93. The molecule has 23 heavy (non-hydrogen) atoms. The van der Waals surface area contributed by atoms with Crippen molar-refractivity contribution in [2.45, 2.75) is 6.92 Å². The van der Waals surface area contributed by atoms with Crippen molar-refractivity contribution in [3.8, 4) is 5.75 Å². The van der Waals surface area contributed by atoms with Crippen molar-refractivity contribution in [2.24, 2.45) is 4.99 Å². The number of aliphatic imine (C=N–C) groups is 1. The van der Waals surface area contributed by atoms with E-state index in [1.165, 1.54) is 23.5 Å². The van der Waals surface area contributed by atoms with E-state index in [2.05, 4.69) is 15.3 Å². The number of aromatic nitrogens is 1. The maximum atomic E-state index is 13.0. The predicted molar refractivity (Wildman–Crippen MR) is 86.4 cm³/mol. The molecule has 1 aromatic carbocycles. The van der Waals surface area contributed by atoms with Gasteiger partial charge in [0.25, 0.3) is 0 Å². The smallest absolute Gasteiger partial charge is 0.343 e. The molecule has 5 nitrogen and oxygen atoms in total. The third-order valence-electron chi connectivity index (χ3n) is 3.13. The van der Waals surface area contributed by atoms with Gasteiger partial charge in [0.15, 0.2) is 10.8 Å². The molecule has 0 unspecified atom stereocenters. The third-order valence-corrected chi connectivity index (χ3v) is 4.21. The van der Waals surface area contributed by atoms with E-state index in [4.69, 9.17) is 16.3 Å². The van der Waals surface area contributed by atoms with Gasteiger partial charge in [-0.15, -0.1) is 11.3 Å². The first-order valence-corrected chi connectivity index (χ1v) is 7.88. The topological polar surface area (TPSA) is 63.6 Å². The highest BCUT2D eigenvalue weighted by molar-refractivity contribution is 7.11. The number of thiazole rings is 1. The van der Waals surface area contributed by atoms with Crippen LogP contribution in [0.15, 0.2) is 46.0 Å². The second-order valence-corrected chi connectivity index (χ2v) is 6.00. The molecule has 8 heteroatoms. The van der Waals surface area contributed by atoms with Crippen molar-refractivity contribution < 1.29 is 13.9 Å². The lowest BCUT2D eigenvalue weighted by Crippen LogP contribution is -2.31. The monoisotopic (exact) mass is 351 g/mol. The molecule has 0 aliphatic carbocycles. The number of nitrogens with zero attached hydrogens (tertiary/aromatic N) is 2. The Morgan fingerprint density at radius 3 is 2.96 bits per heavy atom. The first-order valence-electron chi connectivity index (χ1n) is 6.63. The predicted octanol–water partition coefficient (Wildman–Crippen LogP) is 3.17. The normalized spacial score (nSPS) is 14.3. The zero-order valence-electron chi connectivity index (χ0n) is 12.0. The molecule has 1 aromatic heterocycles. The van der Waals surface area contributed by atoms with Gasteiger partial charge in [-0.1, -0.05) is 11.6 Å². The molecule has 2 aromatic rings. The van der Waals surface area contributed by atoms with E-state index in [1.807, 2.05) is 5.38 Å². The Labute approximate surface area is 140 Å². The largest absolute Gasteiger partial charge is 0.421 e. The molecule has 3 rings (SSSR count). The van der Waals surface area contributed by atoms with E-state index < -0.39 is 11.8 Å². The first kappa shape index (κ1) is 15.6. The van der Waals surface area contributed by atoms with E-state index in [-0.39, 0.29) is 17.3 Å². The standard InChI is InChI=1S/C15H11ClFN3O2S/c1-8-10(7-19-13(20-8)14-18-4-5-23-14)15(21)22-12-3-2-9(17)6-11(12)16/h2-6H,7H2,1H3,(H,19,20). The van der Waals surface area contributed by atoms with E-state index in [0.29, 0.717) is 17.1 Å². The van der Waals surface area contributed by atoms with Crippen LogP contribution in [0, 0.1) is 5.82 Å². The Morgan fingerprint density at radius 1 is 1.48 bits per heavy atom. The Hall–Kier alpha value is -2.25. The minimum absolute atomic E-state index is 0.0346. The summed E-state index contributed by atoms with van der Waals surface area (Å²) in [6, 6.07) is 3.57. The maximum Gasteiger partial charge on any atom is 0.343 e. The molecule has 0 saturated heterocycles. The molecule has 2 heterocycles. The number of halogens is 2. The van der Waals surface area contributed by atoms with E-state index in [9.17, 15) is 9.18 Å². The van der Waals surface area contributed by atoms with Gasteiger partial charge in [0, 0.05) is 17.3 Å². The number of hydrogen-bond donors (Lipinski definition) is 1. The van der Waals surface area contributed by atoms with Crippen LogP contribution < -0.4 is 10.1 Å². The van der Waals surface area contributed by atoms with Crippen LogP contribution in [0.2, 0.25) is 5.02 Å². The van der Waals surface area contributed by atoms with E-state index in [0.717, 1.165) is 11.1 Å². The molecule has 0 fully saturated rings. The lowest BCUT2D eigenvalue weighted by molar-refractivity contribution is -0.130. The number of ether oxygens (including phenoxy) is 1. The van der Waals surface area contributed by atoms with Crippen molar-refractivity contribution in [1.82, 2.24) is 10.3 Å². The summed E-state index contributed by atoms with van der Waals surface area (Å²) in [4.78, 5) is 20.7. The molecular formula is C15H11ClFN3O2S. The van der Waals surface area contributed by atoms with Crippen molar-refractivity contribution >= 4 is 34.7 Å². The van der Waals surface area contributed by atoms with Crippen LogP contribution in [0.3, 0.4) is 0 Å². The van der Waals surface area contributed by atoms with Crippen molar-refractivity contribution in [1.29, 1.82) is 0 Å². The summed E-state index contributed by atoms with van der Waals surface area (Å²) in [5.74, 6) is -0.352. The highest BCUT2D eigenvalue weighted by atomic mass is 35.5. The summed E-state index contributed by atoms with van der Waals surface area (Å²) in [5, 5.41) is 5.67. The van der Waals surface area contributed by atoms with Gasteiger partial charge in [0.1, 0.15) is 11.6 Å². The average molecular weight is 352 g/mol. The van der Waals surface area contributed by atoms with Crippen LogP contribution in [0.1, 0.15) is 11.9 Å². The fourth-order valence-corrected chi connectivity index (χ4v) is 2.77. The molecular weight excluding hydrogens is 341 g/mol. The van der Waals surface area contributed by atoms with Crippen molar-refractivity contribution in [3.05, 3.63) is 56.9 Å². The van der Waals surface area contributed by atoms with Crippen LogP contribution in [0.25, 0.3) is 0 Å². The number of allylic oxidation sites excluding steroid dienone is 1. The minimum Gasteiger partial charge on any atom is -0.421 e. The van der Waals surface area contributed by atoms with Gasteiger partial charge in [-0.25, -0.2) is 14.2 Å². The highest BCUT2D eigenvalue weighted by Crippen LogP contribution is 2.26. The van der Waals surface area contributed by atoms with Crippen LogP contribution in [0.5, 0.6) is 5.75 Å². The number of rotatable bonds is 3. The number of benzene rings is 1. The molecule has 1 N–H and O–H groups in total. The molecule has 118 valence electrons. The van der Waals surface area contributed by atoms with Crippen LogP contribution in [-0.2, 0) is 4.79 Å². The zero-order chi connectivity index (χ0) is 16.4. The Morgan fingerprint density at radius 2 is 2.30 bits per heavy atom. The maximum absolute atomic E-state index is 13.0. The van der Waals surface area contributed by atoms with Gasteiger partial charge in [0.2, 0.25) is 0 Å². The average Bonchev–Trinajstić information content (AvgIpc) is 3.04. The lowest BCUT2D eigenvalue weighted by atomic mass is 10.2. The first-order chi connectivity index (χ1) is 11.0. The van der Waals surface area contributed by atoms with E-state index >= 15 is 0 Å². The van der Waals surface area contributed by atoms with Gasteiger partial charge in [-0.2, -0.15) is 0 Å². The Kier molecular flexibility index (Phi) is 4.40. The molecule has 1 aliphatic rings. The lowest BCUT2D eigenvalue weighted by Gasteiger charge is -2.18. The van der Waals surface area contributed by atoms with E-state index in [1.54, 1.807) is 13.1 Å². The van der Waals surface area contributed by atoms with Gasteiger partial charge in [0.05, 0.1) is 17.1 Å². The summed E-state index contributed by atoms with van der Waals surface area (Å²) in [7, 11) is 0. The number of carbonyl (C=O) groups excluding carboxylic acids is 1. The SMILES string of the molecule is CC1=C(C(=O)Oc2ccc(F)cc2Cl)CN=C(c2nccs2)N1. The Bertz CT molecular complexity index is 818. The molecule has 0 amide bonds. The highest BCUT2D eigenvalue weighted by Gasteiger charge is 2.22. The second kappa shape index (κ2) is 6.47. The molecule has 0 bridgehead atoms.